The zero-order valence-electron chi connectivity index (χ0n) is 13.1. The normalized spacial score (nSPS) is 13.3. The van der Waals surface area contributed by atoms with E-state index in [1.165, 1.54) is 13.2 Å². The van der Waals surface area contributed by atoms with Crippen LogP contribution in [-0.2, 0) is 10.0 Å². The highest BCUT2D eigenvalue weighted by Crippen LogP contribution is 2.27. The van der Waals surface area contributed by atoms with Crippen molar-refractivity contribution in [3.8, 4) is 5.75 Å². The summed E-state index contributed by atoms with van der Waals surface area (Å²) in [5.74, 6) is 0.263. The number of nitrogens with zero attached hydrogens (tertiary/aromatic N) is 1. The van der Waals surface area contributed by atoms with Gasteiger partial charge in [-0.25, -0.2) is 13.1 Å². The van der Waals surface area contributed by atoms with Crippen LogP contribution in [0.5, 0.6) is 5.75 Å². The Morgan fingerprint density at radius 2 is 2.09 bits per heavy atom. The van der Waals surface area contributed by atoms with Gasteiger partial charge in [0, 0.05) is 17.6 Å². The molecule has 1 aromatic carbocycles. The lowest BCUT2D eigenvalue weighted by Crippen LogP contribution is -2.34. The molecular weight excluding hydrogens is 356 g/mol. The summed E-state index contributed by atoms with van der Waals surface area (Å²) < 4.78 is 33.0. The van der Waals surface area contributed by atoms with Gasteiger partial charge in [-0.15, -0.1) is 0 Å². The van der Waals surface area contributed by atoms with Gasteiger partial charge in [0.1, 0.15) is 10.6 Å². The van der Waals surface area contributed by atoms with Gasteiger partial charge in [0.25, 0.3) is 0 Å². The quantitative estimate of drug-likeness (QED) is 0.809. The first kappa shape index (κ1) is 18.2. The molecule has 0 aliphatic rings. The van der Waals surface area contributed by atoms with E-state index in [9.17, 15) is 8.42 Å². The minimum absolute atomic E-state index is 0.0373. The Morgan fingerprint density at radius 3 is 2.65 bits per heavy atom. The molecule has 1 N–H and O–H groups in total. The molecule has 8 heteroatoms. The highest BCUT2D eigenvalue weighted by atomic mass is 35.5. The van der Waals surface area contributed by atoms with Gasteiger partial charge in [0.2, 0.25) is 10.0 Å². The van der Waals surface area contributed by atoms with Gasteiger partial charge in [-0.3, -0.25) is 0 Å². The molecule has 0 unspecified atom stereocenters. The summed E-state index contributed by atoms with van der Waals surface area (Å²) in [5.41, 5.74) is 1.07. The SMILES string of the molecule is COc1ccc(Cl)cc1S(=O)(=O)NC[C@H](c1ccsc1)N(C)C. The van der Waals surface area contributed by atoms with Crippen molar-refractivity contribution in [2.45, 2.75) is 10.9 Å². The van der Waals surface area contributed by atoms with Gasteiger partial charge in [-0.05, 0) is 54.7 Å². The molecule has 0 amide bonds. The van der Waals surface area contributed by atoms with E-state index in [1.54, 1.807) is 23.5 Å². The van der Waals surface area contributed by atoms with Crippen molar-refractivity contribution in [3.05, 3.63) is 45.6 Å². The molecule has 0 fully saturated rings. The van der Waals surface area contributed by atoms with Crippen molar-refractivity contribution in [2.24, 2.45) is 0 Å². The number of ether oxygens (including phenoxy) is 1. The third-order valence-corrected chi connectivity index (χ3v) is 5.81. The number of rotatable bonds is 7. The Hall–Kier alpha value is -1.12. The molecule has 0 spiro atoms. The van der Waals surface area contributed by atoms with E-state index in [-0.39, 0.29) is 23.2 Å². The van der Waals surface area contributed by atoms with Crippen LogP contribution >= 0.6 is 22.9 Å². The average Bonchev–Trinajstić information content (AvgIpc) is 3.01. The lowest BCUT2D eigenvalue weighted by molar-refractivity contribution is 0.300. The topological polar surface area (TPSA) is 58.6 Å². The monoisotopic (exact) mass is 374 g/mol. The number of likely N-dealkylation sites (N-methyl/N-ethyl adjacent to an activating group) is 1. The Kier molecular flexibility index (Phi) is 6.05. The first-order valence-electron chi connectivity index (χ1n) is 6.87. The lowest BCUT2D eigenvalue weighted by Gasteiger charge is -2.24. The van der Waals surface area contributed by atoms with Crippen molar-refractivity contribution < 1.29 is 13.2 Å². The Labute approximate surface area is 145 Å². The molecule has 0 saturated carbocycles. The number of hydrogen-bond donors (Lipinski definition) is 1. The molecule has 1 aromatic heterocycles. The van der Waals surface area contributed by atoms with Gasteiger partial charge in [0.05, 0.1) is 7.11 Å². The predicted molar refractivity (Wildman–Crippen MR) is 93.9 cm³/mol. The van der Waals surface area contributed by atoms with Gasteiger partial charge in [-0.1, -0.05) is 11.6 Å². The van der Waals surface area contributed by atoms with Crippen LogP contribution in [0.2, 0.25) is 5.02 Å². The number of benzene rings is 1. The number of methoxy groups -OCH3 is 1. The minimum Gasteiger partial charge on any atom is -0.495 e. The summed E-state index contributed by atoms with van der Waals surface area (Å²) in [5, 5.41) is 4.33. The van der Waals surface area contributed by atoms with Crippen molar-refractivity contribution in [1.29, 1.82) is 0 Å². The summed E-state index contributed by atoms with van der Waals surface area (Å²) in [6.45, 7) is 0.252. The third-order valence-electron chi connectivity index (χ3n) is 3.43. The van der Waals surface area contributed by atoms with E-state index < -0.39 is 10.0 Å². The third kappa shape index (κ3) is 4.45. The number of thiophene rings is 1. The molecule has 126 valence electrons. The lowest BCUT2D eigenvalue weighted by atomic mass is 10.1. The maximum atomic E-state index is 12.6. The highest BCUT2D eigenvalue weighted by molar-refractivity contribution is 7.89. The summed E-state index contributed by atoms with van der Waals surface area (Å²) in [6.07, 6.45) is 0. The number of nitrogens with one attached hydrogen (secondary N) is 1. The first-order chi connectivity index (χ1) is 10.8. The molecule has 1 heterocycles. The highest BCUT2D eigenvalue weighted by Gasteiger charge is 2.23. The summed E-state index contributed by atoms with van der Waals surface area (Å²) in [7, 11) is 1.53. The van der Waals surface area contributed by atoms with E-state index >= 15 is 0 Å². The molecular formula is C15H19ClN2O3S2. The van der Waals surface area contributed by atoms with Crippen LogP contribution in [0.3, 0.4) is 0 Å². The Morgan fingerprint density at radius 1 is 1.35 bits per heavy atom. The second-order valence-corrected chi connectivity index (χ2v) is 8.14. The predicted octanol–water partition coefficient (Wildman–Crippen LogP) is 2.99. The summed E-state index contributed by atoms with van der Waals surface area (Å²) in [6, 6.07) is 6.45. The van der Waals surface area contributed by atoms with Gasteiger partial charge in [0.15, 0.2) is 0 Å². The van der Waals surface area contributed by atoms with E-state index in [0.717, 1.165) is 5.56 Å². The minimum atomic E-state index is -3.73. The number of hydrogen-bond acceptors (Lipinski definition) is 5. The van der Waals surface area contributed by atoms with E-state index in [2.05, 4.69) is 4.72 Å². The van der Waals surface area contributed by atoms with Gasteiger partial charge in [-0.2, -0.15) is 11.3 Å². The smallest absolute Gasteiger partial charge is 0.244 e. The van der Waals surface area contributed by atoms with E-state index in [1.807, 2.05) is 35.8 Å². The fraction of sp³-hybridized carbons (Fsp3) is 0.333. The zero-order chi connectivity index (χ0) is 17.0. The molecule has 5 nitrogen and oxygen atoms in total. The van der Waals surface area contributed by atoms with E-state index in [4.69, 9.17) is 16.3 Å². The summed E-state index contributed by atoms with van der Waals surface area (Å²) >= 11 is 7.50. The molecule has 0 bridgehead atoms. The second-order valence-electron chi connectivity index (χ2n) is 5.18. The molecule has 0 radical (unpaired) electrons. The van der Waals surface area contributed by atoms with Crippen molar-refractivity contribution in [3.63, 3.8) is 0 Å². The van der Waals surface area contributed by atoms with Crippen LogP contribution in [0.25, 0.3) is 0 Å². The second kappa shape index (κ2) is 7.63. The number of sulfonamides is 1. The van der Waals surface area contributed by atoms with Crippen LogP contribution in [0.15, 0.2) is 39.9 Å². The zero-order valence-corrected chi connectivity index (χ0v) is 15.5. The Balaban J connectivity index is 2.23. The fourth-order valence-electron chi connectivity index (χ4n) is 2.19. The van der Waals surface area contributed by atoms with Crippen molar-refractivity contribution >= 4 is 33.0 Å². The standard InChI is InChI=1S/C15H19ClN2O3S2/c1-18(2)13(11-6-7-22-10-11)9-17-23(19,20)15-8-12(16)4-5-14(15)21-3/h4-8,10,13,17H,9H2,1-3H3/t13-/m1/s1. The van der Waals surface area contributed by atoms with Crippen LogP contribution in [0, 0.1) is 0 Å². The van der Waals surface area contributed by atoms with Crippen LogP contribution in [0.4, 0.5) is 0 Å². The van der Waals surface area contributed by atoms with Crippen molar-refractivity contribution in [2.75, 3.05) is 27.7 Å². The summed E-state index contributed by atoms with van der Waals surface area (Å²) in [4.78, 5) is 2.01. The Bertz CT molecular complexity index is 746. The van der Waals surface area contributed by atoms with Crippen LogP contribution in [0.1, 0.15) is 11.6 Å². The molecule has 1 atom stereocenters. The van der Waals surface area contributed by atoms with Gasteiger partial charge < -0.3 is 9.64 Å². The molecule has 2 rings (SSSR count). The molecule has 0 aliphatic heterocycles. The van der Waals surface area contributed by atoms with Crippen molar-refractivity contribution in [1.82, 2.24) is 9.62 Å². The van der Waals surface area contributed by atoms with Crippen LogP contribution < -0.4 is 9.46 Å². The maximum absolute atomic E-state index is 12.6. The van der Waals surface area contributed by atoms with Crippen LogP contribution in [-0.4, -0.2) is 41.1 Å². The first-order valence-corrected chi connectivity index (χ1v) is 9.67. The molecule has 0 aliphatic carbocycles. The largest absolute Gasteiger partial charge is 0.495 e. The molecule has 2 aromatic rings. The average molecular weight is 375 g/mol. The molecule has 0 saturated heterocycles. The maximum Gasteiger partial charge on any atom is 0.244 e. The fourth-order valence-corrected chi connectivity index (χ4v) is 4.37. The number of halogens is 1. The van der Waals surface area contributed by atoms with E-state index in [0.29, 0.717) is 5.02 Å². The van der Waals surface area contributed by atoms with Gasteiger partial charge >= 0.3 is 0 Å². The molecule has 23 heavy (non-hydrogen) atoms.